The van der Waals surface area contributed by atoms with E-state index in [9.17, 15) is 9.59 Å². The van der Waals surface area contributed by atoms with Crippen LogP contribution >= 0.6 is 15.9 Å². The number of nitrogens with zero attached hydrogens (tertiary/aromatic N) is 1. The van der Waals surface area contributed by atoms with Crippen molar-refractivity contribution in [3.8, 4) is 0 Å². The zero-order valence-corrected chi connectivity index (χ0v) is 13.0. The number of carboxylic acids is 1. The van der Waals surface area contributed by atoms with E-state index in [1.54, 1.807) is 4.90 Å². The van der Waals surface area contributed by atoms with Crippen LogP contribution in [0.5, 0.6) is 0 Å². The fourth-order valence-electron chi connectivity index (χ4n) is 2.66. The number of aryl methyl sites for hydroxylation is 1. The molecule has 4 nitrogen and oxygen atoms in total. The molecule has 1 heterocycles. The van der Waals surface area contributed by atoms with Crippen LogP contribution in [0.3, 0.4) is 0 Å². The Morgan fingerprint density at radius 2 is 2.30 bits per heavy atom. The first-order chi connectivity index (χ1) is 9.51. The van der Waals surface area contributed by atoms with Gasteiger partial charge in [0.1, 0.15) is 0 Å². The largest absolute Gasteiger partial charge is 0.481 e. The summed E-state index contributed by atoms with van der Waals surface area (Å²) >= 11 is 3.40. The van der Waals surface area contributed by atoms with Gasteiger partial charge in [-0.1, -0.05) is 45.8 Å². The van der Waals surface area contributed by atoms with E-state index in [0.29, 0.717) is 13.0 Å². The fourth-order valence-corrected chi connectivity index (χ4v) is 3.10. The van der Waals surface area contributed by atoms with E-state index in [4.69, 9.17) is 5.11 Å². The smallest absolute Gasteiger partial charge is 0.305 e. The SMILES string of the molecule is Cc1cccc(C(CC(=O)O)N2CC(CBr)CC2=O)c1. The summed E-state index contributed by atoms with van der Waals surface area (Å²) < 4.78 is 0. The number of hydrogen-bond donors (Lipinski definition) is 1. The van der Waals surface area contributed by atoms with Gasteiger partial charge in [0.2, 0.25) is 5.91 Å². The van der Waals surface area contributed by atoms with Crippen molar-refractivity contribution in [3.05, 3.63) is 35.4 Å². The molecule has 0 bridgehead atoms. The zero-order chi connectivity index (χ0) is 14.7. The van der Waals surface area contributed by atoms with Gasteiger partial charge in [-0.3, -0.25) is 9.59 Å². The molecule has 0 radical (unpaired) electrons. The Hall–Kier alpha value is -1.36. The van der Waals surface area contributed by atoms with Crippen molar-refractivity contribution in [1.82, 2.24) is 4.90 Å². The summed E-state index contributed by atoms with van der Waals surface area (Å²) in [5.74, 6) is -0.572. The maximum Gasteiger partial charge on any atom is 0.305 e. The van der Waals surface area contributed by atoms with E-state index in [2.05, 4.69) is 15.9 Å². The lowest BCUT2D eigenvalue weighted by Gasteiger charge is -2.27. The minimum absolute atomic E-state index is 0.0437. The summed E-state index contributed by atoms with van der Waals surface area (Å²) in [5, 5.41) is 9.90. The molecule has 5 heteroatoms. The maximum atomic E-state index is 12.1. The van der Waals surface area contributed by atoms with Crippen LogP contribution in [0.2, 0.25) is 0 Å². The number of halogens is 1. The molecule has 1 aromatic rings. The molecular weight excluding hydrogens is 322 g/mol. The summed E-state index contributed by atoms with van der Waals surface area (Å²) in [5.41, 5.74) is 1.97. The van der Waals surface area contributed by atoms with Gasteiger partial charge < -0.3 is 10.0 Å². The Morgan fingerprint density at radius 3 is 2.85 bits per heavy atom. The van der Waals surface area contributed by atoms with Gasteiger partial charge in [0.05, 0.1) is 12.5 Å². The van der Waals surface area contributed by atoms with E-state index in [-0.39, 0.29) is 24.3 Å². The normalized spacial score (nSPS) is 20.2. The number of amides is 1. The monoisotopic (exact) mass is 339 g/mol. The second-order valence-electron chi connectivity index (χ2n) is 5.30. The van der Waals surface area contributed by atoms with Crippen molar-refractivity contribution < 1.29 is 14.7 Å². The van der Waals surface area contributed by atoms with Gasteiger partial charge in [-0.05, 0) is 18.4 Å². The molecule has 0 aromatic heterocycles. The third-order valence-corrected chi connectivity index (χ3v) is 4.54. The number of carbonyl (C=O) groups excluding carboxylic acids is 1. The van der Waals surface area contributed by atoms with E-state index in [1.807, 2.05) is 31.2 Å². The second-order valence-corrected chi connectivity index (χ2v) is 5.95. The molecule has 2 atom stereocenters. The first-order valence-electron chi connectivity index (χ1n) is 6.65. The highest BCUT2D eigenvalue weighted by atomic mass is 79.9. The molecule has 0 spiro atoms. The van der Waals surface area contributed by atoms with Crippen LogP contribution in [0.25, 0.3) is 0 Å². The van der Waals surface area contributed by atoms with Crippen LogP contribution < -0.4 is 0 Å². The Balaban J connectivity index is 2.28. The molecule has 0 aliphatic carbocycles. The van der Waals surface area contributed by atoms with Gasteiger partial charge in [-0.2, -0.15) is 0 Å². The topological polar surface area (TPSA) is 57.6 Å². The number of carbonyl (C=O) groups is 2. The van der Waals surface area contributed by atoms with Gasteiger partial charge in [0.15, 0.2) is 0 Å². The number of alkyl halides is 1. The maximum absolute atomic E-state index is 12.1. The predicted molar refractivity (Wildman–Crippen MR) is 79.8 cm³/mol. The van der Waals surface area contributed by atoms with Crippen LogP contribution in [0, 0.1) is 12.8 Å². The Bertz CT molecular complexity index is 518. The number of hydrogen-bond acceptors (Lipinski definition) is 2. The summed E-state index contributed by atoms with van der Waals surface area (Å²) in [4.78, 5) is 25.0. The first-order valence-corrected chi connectivity index (χ1v) is 7.77. The van der Waals surface area contributed by atoms with Crippen LogP contribution in [0.1, 0.15) is 30.0 Å². The molecule has 2 unspecified atom stereocenters. The minimum atomic E-state index is -0.883. The van der Waals surface area contributed by atoms with E-state index in [0.717, 1.165) is 16.5 Å². The van der Waals surface area contributed by atoms with Crippen molar-refractivity contribution in [2.45, 2.75) is 25.8 Å². The molecule has 1 aliphatic heterocycles. The standard InChI is InChI=1S/C15H18BrNO3/c1-10-3-2-4-12(5-10)13(7-15(19)20)17-9-11(8-16)6-14(17)18/h2-5,11,13H,6-9H2,1H3,(H,19,20). The predicted octanol–water partition coefficient (Wildman–Crippen LogP) is 2.75. The average molecular weight is 340 g/mol. The Labute approximate surface area is 126 Å². The number of likely N-dealkylation sites (tertiary alicyclic amines) is 1. The number of rotatable bonds is 5. The summed E-state index contributed by atoms with van der Waals surface area (Å²) in [7, 11) is 0. The number of carboxylic acid groups (broad SMARTS) is 1. The fraction of sp³-hybridized carbons (Fsp3) is 0.467. The molecule has 0 saturated carbocycles. The molecule has 20 heavy (non-hydrogen) atoms. The van der Waals surface area contributed by atoms with Crippen LogP contribution in [-0.2, 0) is 9.59 Å². The zero-order valence-electron chi connectivity index (χ0n) is 11.4. The highest BCUT2D eigenvalue weighted by molar-refractivity contribution is 9.09. The van der Waals surface area contributed by atoms with Crippen molar-refractivity contribution >= 4 is 27.8 Å². The van der Waals surface area contributed by atoms with Crippen molar-refractivity contribution in [1.29, 1.82) is 0 Å². The van der Waals surface area contributed by atoms with Gasteiger partial charge >= 0.3 is 5.97 Å². The molecule has 108 valence electrons. The number of aliphatic carboxylic acids is 1. The lowest BCUT2D eigenvalue weighted by molar-refractivity contribution is -0.139. The van der Waals surface area contributed by atoms with Crippen LogP contribution in [0.4, 0.5) is 0 Å². The highest BCUT2D eigenvalue weighted by Gasteiger charge is 2.35. The minimum Gasteiger partial charge on any atom is -0.481 e. The summed E-state index contributed by atoms with van der Waals surface area (Å²) in [6, 6.07) is 7.36. The Morgan fingerprint density at radius 1 is 1.55 bits per heavy atom. The van der Waals surface area contributed by atoms with E-state index < -0.39 is 5.97 Å². The first kappa shape index (κ1) is 15.0. The van der Waals surface area contributed by atoms with E-state index >= 15 is 0 Å². The van der Waals surface area contributed by atoms with Gasteiger partial charge in [0.25, 0.3) is 0 Å². The van der Waals surface area contributed by atoms with Crippen LogP contribution in [-0.4, -0.2) is 33.8 Å². The molecule has 1 amide bonds. The van der Waals surface area contributed by atoms with Gasteiger partial charge in [-0.15, -0.1) is 0 Å². The van der Waals surface area contributed by atoms with Gasteiger partial charge in [0, 0.05) is 18.3 Å². The van der Waals surface area contributed by atoms with Crippen molar-refractivity contribution in [3.63, 3.8) is 0 Å². The lowest BCUT2D eigenvalue weighted by Crippen LogP contribution is -2.32. The van der Waals surface area contributed by atoms with E-state index in [1.165, 1.54) is 0 Å². The average Bonchev–Trinajstić information content (AvgIpc) is 2.77. The number of benzene rings is 1. The molecular formula is C15H18BrNO3. The quantitative estimate of drug-likeness (QED) is 0.839. The van der Waals surface area contributed by atoms with Crippen molar-refractivity contribution in [2.24, 2.45) is 5.92 Å². The lowest BCUT2D eigenvalue weighted by atomic mass is 10.0. The third kappa shape index (κ3) is 3.39. The van der Waals surface area contributed by atoms with Gasteiger partial charge in [-0.25, -0.2) is 0 Å². The van der Waals surface area contributed by atoms with Crippen molar-refractivity contribution in [2.75, 3.05) is 11.9 Å². The second kappa shape index (κ2) is 6.39. The molecule has 1 N–H and O–H groups in total. The summed E-state index contributed by atoms with van der Waals surface area (Å²) in [6.45, 7) is 2.59. The van der Waals surface area contributed by atoms with Crippen LogP contribution in [0.15, 0.2) is 24.3 Å². The highest BCUT2D eigenvalue weighted by Crippen LogP contribution is 2.32. The molecule has 1 saturated heterocycles. The summed E-state index contributed by atoms with van der Waals surface area (Å²) in [6.07, 6.45) is 0.442. The third-order valence-electron chi connectivity index (χ3n) is 3.63. The molecule has 1 aliphatic rings. The molecule has 2 rings (SSSR count). The Kier molecular flexibility index (Phi) is 4.81. The molecule has 1 fully saturated rings. The molecule has 1 aromatic carbocycles.